The molecule has 158 valence electrons. The lowest BCUT2D eigenvalue weighted by Crippen LogP contribution is -2.26. The fourth-order valence-electron chi connectivity index (χ4n) is 3.86. The number of fused-ring (bicyclic) bond motifs is 1. The summed E-state index contributed by atoms with van der Waals surface area (Å²) < 4.78 is 45.2. The van der Waals surface area contributed by atoms with Crippen LogP contribution in [-0.4, -0.2) is 37.7 Å². The maximum absolute atomic E-state index is 13.3. The zero-order valence-electron chi connectivity index (χ0n) is 16.1. The van der Waals surface area contributed by atoms with Gasteiger partial charge in [-0.05, 0) is 17.7 Å². The minimum atomic E-state index is -4.48. The highest BCUT2D eigenvalue weighted by Gasteiger charge is 2.37. The minimum Gasteiger partial charge on any atom is -0.338 e. The van der Waals surface area contributed by atoms with Gasteiger partial charge in [-0.1, -0.05) is 41.6 Å². The first kappa shape index (κ1) is 19.3. The molecule has 1 saturated heterocycles. The number of carbonyl (C=O) groups is 1. The summed E-state index contributed by atoms with van der Waals surface area (Å²) in [6, 6.07) is 12.8. The van der Waals surface area contributed by atoms with Crippen LogP contribution >= 0.6 is 0 Å². The van der Waals surface area contributed by atoms with Crippen LogP contribution in [0.3, 0.4) is 0 Å². The summed E-state index contributed by atoms with van der Waals surface area (Å²) in [7, 11) is 0. The smallest absolute Gasteiger partial charge is 0.338 e. The van der Waals surface area contributed by atoms with Crippen LogP contribution in [0.4, 0.5) is 13.2 Å². The molecule has 2 aromatic heterocycles. The summed E-state index contributed by atoms with van der Waals surface area (Å²) in [5, 5.41) is 11.9. The molecular formula is C21H16F3N5O2. The molecule has 0 radical (unpaired) electrons. The summed E-state index contributed by atoms with van der Waals surface area (Å²) in [4.78, 5) is 18.3. The second-order valence-corrected chi connectivity index (χ2v) is 7.41. The van der Waals surface area contributed by atoms with E-state index in [0.717, 1.165) is 17.0 Å². The van der Waals surface area contributed by atoms with Crippen molar-refractivity contribution in [3.8, 4) is 11.6 Å². The number of carbonyl (C=O) groups excluding carboxylic acids is 1. The Balaban J connectivity index is 1.36. The number of H-pyrrole nitrogens is 1. The highest BCUT2D eigenvalue weighted by molar-refractivity contribution is 5.90. The molecule has 10 heteroatoms. The third-order valence-corrected chi connectivity index (χ3v) is 5.38. The van der Waals surface area contributed by atoms with Gasteiger partial charge in [-0.25, -0.2) is 0 Å². The number of hydrogen-bond acceptors (Lipinski definition) is 5. The number of likely N-dealkylation sites (tertiary alicyclic amines) is 1. The molecule has 0 saturated carbocycles. The second-order valence-electron chi connectivity index (χ2n) is 7.41. The number of halogens is 3. The number of nitrogens with one attached hydrogen (secondary N) is 1. The number of benzene rings is 2. The Morgan fingerprint density at radius 3 is 2.74 bits per heavy atom. The number of aromatic nitrogens is 4. The Morgan fingerprint density at radius 2 is 1.90 bits per heavy atom. The van der Waals surface area contributed by atoms with Gasteiger partial charge in [0.2, 0.25) is 5.91 Å². The van der Waals surface area contributed by atoms with Crippen molar-refractivity contribution in [2.75, 3.05) is 6.54 Å². The maximum atomic E-state index is 13.3. The average molecular weight is 427 g/mol. The van der Waals surface area contributed by atoms with Crippen LogP contribution in [0.5, 0.6) is 0 Å². The lowest BCUT2D eigenvalue weighted by molar-refractivity contribution is -0.139. The van der Waals surface area contributed by atoms with Crippen LogP contribution in [0.1, 0.15) is 29.3 Å². The molecule has 1 aliphatic heterocycles. The molecule has 0 aliphatic carbocycles. The van der Waals surface area contributed by atoms with Crippen molar-refractivity contribution < 1.29 is 22.5 Å². The number of rotatable bonds is 4. The van der Waals surface area contributed by atoms with E-state index in [1.165, 1.54) is 23.1 Å². The predicted molar refractivity (Wildman–Crippen MR) is 104 cm³/mol. The molecule has 3 heterocycles. The topological polar surface area (TPSA) is 87.9 Å². The number of hydrogen-bond donors (Lipinski definition) is 1. The van der Waals surface area contributed by atoms with E-state index in [1.54, 1.807) is 0 Å². The first-order valence-corrected chi connectivity index (χ1v) is 9.60. The van der Waals surface area contributed by atoms with Crippen molar-refractivity contribution >= 4 is 16.8 Å². The average Bonchev–Trinajstić information content (AvgIpc) is 3.46. The molecule has 1 fully saturated rings. The van der Waals surface area contributed by atoms with Gasteiger partial charge in [0.15, 0.2) is 11.5 Å². The Kier molecular flexibility index (Phi) is 4.49. The number of nitrogens with zero attached hydrogens (tertiary/aromatic N) is 4. The molecule has 1 amide bonds. The lowest BCUT2D eigenvalue weighted by Gasteiger charge is -2.19. The monoisotopic (exact) mass is 427 g/mol. The molecule has 5 rings (SSSR count). The normalized spacial score (nSPS) is 17.1. The SMILES string of the molecule is O=C1CC(c2noc(-c3n[nH]c4ccccc34)n2)CN1Cc1ccccc1C(F)(F)F. The predicted octanol–water partition coefficient (Wildman–Crippen LogP) is 4.15. The number of alkyl halides is 3. The van der Waals surface area contributed by atoms with Crippen LogP contribution < -0.4 is 0 Å². The van der Waals surface area contributed by atoms with Gasteiger partial charge < -0.3 is 9.42 Å². The highest BCUT2D eigenvalue weighted by atomic mass is 19.4. The van der Waals surface area contributed by atoms with E-state index in [0.29, 0.717) is 11.5 Å². The van der Waals surface area contributed by atoms with E-state index in [2.05, 4.69) is 20.3 Å². The van der Waals surface area contributed by atoms with Gasteiger partial charge in [-0.15, -0.1) is 0 Å². The van der Waals surface area contributed by atoms with Crippen LogP contribution in [0.2, 0.25) is 0 Å². The van der Waals surface area contributed by atoms with E-state index in [-0.39, 0.29) is 42.8 Å². The zero-order valence-corrected chi connectivity index (χ0v) is 16.1. The summed E-state index contributed by atoms with van der Waals surface area (Å²) in [5.41, 5.74) is 0.650. The first-order chi connectivity index (χ1) is 14.9. The van der Waals surface area contributed by atoms with Crippen LogP contribution in [0.15, 0.2) is 53.1 Å². The van der Waals surface area contributed by atoms with Gasteiger partial charge in [-0.3, -0.25) is 9.89 Å². The molecule has 0 bridgehead atoms. The van der Waals surface area contributed by atoms with E-state index in [9.17, 15) is 18.0 Å². The van der Waals surface area contributed by atoms with Gasteiger partial charge in [0.25, 0.3) is 5.89 Å². The van der Waals surface area contributed by atoms with Gasteiger partial charge >= 0.3 is 6.18 Å². The zero-order chi connectivity index (χ0) is 21.6. The van der Waals surface area contributed by atoms with Crippen molar-refractivity contribution in [3.63, 3.8) is 0 Å². The molecule has 1 atom stereocenters. The summed E-state index contributed by atoms with van der Waals surface area (Å²) in [6.45, 7) is 0.0883. The summed E-state index contributed by atoms with van der Waals surface area (Å²) in [6.07, 6.45) is -4.37. The van der Waals surface area contributed by atoms with Gasteiger partial charge in [-0.2, -0.15) is 23.3 Å². The highest BCUT2D eigenvalue weighted by Crippen LogP contribution is 2.35. The first-order valence-electron chi connectivity index (χ1n) is 9.60. The Hall–Kier alpha value is -3.69. The van der Waals surface area contributed by atoms with E-state index < -0.39 is 11.7 Å². The van der Waals surface area contributed by atoms with Crippen molar-refractivity contribution in [2.45, 2.75) is 25.1 Å². The van der Waals surface area contributed by atoms with Gasteiger partial charge in [0.05, 0.1) is 11.1 Å². The molecule has 31 heavy (non-hydrogen) atoms. The Morgan fingerprint density at radius 1 is 1.13 bits per heavy atom. The summed E-state index contributed by atoms with van der Waals surface area (Å²) in [5.74, 6) is -0.0606. The summed E-state index contributed by atoms with van der Waals surface area (Å²) >= 11 is 0. The molecule has 4 aromatic rings. The molecule has 2 aromatic carbocycles. The van der Waals surface area contributed by atoms with Crippen LogP contribution in [0.25, 0.3) is 22.5 Å². The molecule has 1 N–H and O–H groups in total. The Bertz CT molecular complexity index is 1260. The van der Waals surface area contributed by atoms with Crippen molar-refractivity contribution in [1.82, 2.24) is 25.2 Å². The third kappa shape index (κ3) is 3.54. The standard InChI is InChI=1S/C21H16F3N5O2/c22-21(23,24)15-7-3-1-5-12(15)10-29-11-13(9-17(29)30)19-25-20(31-28-19)18-14-6-2-4-8-16(14)26-27-18/h1-8,13H,9-11H2,(H,26,27). The number of aromatic amines is 1. The van der Waals surface area contributed by atoms with Crippen molar-refractivity contribution in [1.29, 1.82) is 0 Å². The fourth-order valence-corrected chi connectivity index (χ4v) is 3.86. The van der Waals surface area contributed by atoms with Crippen LogP contribution in [-0.2, 0) is 17.5 Å². The number of para-hydroxylation sites is 1. The van der Waals surface area contributed by atoms with Crippen molar-refractivity contribution in [3.05, 3.63) is 65.5 Å². The second kappa shape index (κ2) is 7.22. The Labute approximate surface area is 173 Å². The van der Waals surface area contributed by atoms with Gasteiger partial charge in [0, 0.05) is 30.8 Å². The maximum Gasteiger partial charge on any atom is 0.416 e. The molecule has 0 spiro atoms. The lowest BCUT2D eigenvalue weighted by atomic mass is 10.1. The van der Waals surface area contributed by atoms with E-state index in [4.69, 9.17) is 4.52 Å². The largest absolute Gasteiger partial charge is 0.416 e. The van der Waals surface area contributed by atoms with Gasteiger partial charge in [0.1, 0.15) is 0 Å². The third-order valence-electron chi connectivity index (χ3n) is 5.38. The molecule has 7 nitrogen and oxygen atoms in total. The van der Waals surface area contributed by atoms with E-state index in [1.807, 2.05) is 24.3 Å². The fraction of sp³-hybridized carbons (Fsp3) is 0.238. The van der Waals surface area contributed by atoms with Crippen molar-refractivity contribution in [2.24, 2.45) is 0 Å². The molecule has 1 aliphatic rings. The number of amides is 1. The quantitative estimate of drug-likeness (QED) is 0.529. The molecule has 1 unspecified atom stereocenters. The minimum absolute atomic E-state index is 0.0563. The molecular weight excluding hydrogens is 411 g/mol. The van der Waals surface area contributed by atoms with Crippen LogP contribution in [0, 0.1) is 0 Å². The van der Waals surface area contributed by atoms with E-state index >= 15 is 0 Å².